The highest BCUT2D eigenvalue weighted by Gasteiger charge is 2.37. The first-order chi connectivity index (χ1) is 15.6. The van der Waals surface area contributed by atoms with E-state index in [1.54, 1.807) is 24.3 Å². The zero-order chi connectivity index (χ0) is 24.2. The van der Waals surface area contributed by atoms with Crippen LogP contribution in [0.1, 0.15) is 18.1 Å². The van der Waals surface area contributed by atoms with Crippen molar-refractivity contribution in [2.75, 3.05) is 25.6 Å². The van der Waals surface area contributed by atoms with Gasteiger partial charge in [-0.3, -0.25) is 19.3 Å². The second-order valence-corrected chi connectivity index (χ2v) is 7.69. The molecule has 1 aliphatic rings. The zero-order valence-corrected chi connectivity index (χ0v) is 18.4. The molecule has 0 aromatic heterocycles. The molecule has 174 valence electrons. The minimum atomic E-state index is -4.62. The number of rotatable bonds is 7. The number of amides is 3. The molecule has 1 aliphatic heterocycles. The van der Waals surface area contributed by atoms with E-state index in [1.165, 1.54) is 13.2 Å². The average Bonchev–Trinajstić information content (AvgIpc) is 3.02. The quantitative estimate of drug-likeness (QED) is 0.574. The number of anilines is 1. The van der Waals surface area contributed by atoms with E-state index in [9.17, 15) is 27.6 Å². The molecule has 2 aromatic carbocycles. The van der Waals surface area contributed by atoms with Gasteiger partial charge in [-0.15, -0.1) is 0 Å². The molecule has 1 saturated heterocycles. The van der Waals surface area contributed by atoms with Crippen LogP contribution in [0.15, 0.2) is 47.4 Å². The first-order valence-corrected chi connectivity index (χ1v) is 10.5. The number of halogens is 3. The Hall–Kier alpha value is -3.47. The number of hydrogen-bond donors (Lipinski definition) is 1. The molecule has 2 aromatic rings. The number of hydrogen-bond acceptors (Lipinski definition) is 6. The average molecular weight is 480 g/mol. The highest BCUT2D eigenvalue weighted by Crippen LogP contribution is 2.36. The van der Waals surface area contributed by atoms with Crippen molar-refractivity contribution in [1.82, 2.24) is 4.90 Å². The Balaban J connectivity index is 1.76. The lowest BCUT2D eigenvalue weighted by atomic mass is 10.1. The number of ether oxygens (including phenoxy) is 2. The molecule has 0 unspecified atom stereocenters. The van der Waals surface area contributed by atoms with Crippen LogP contribution >= 0.6 is 11.8 Å². The van der Waals surface area contributed by atoms with Gasteiger partial charge in [0.05, 0.1) is 29.9 Å². The molecule has 0 radical (unpaired) electrons. The van der Waals surface area contributed by atoms with Crippen molar-refractivity contribution < 1.29 is 37.0 Å². The number of para-hydroxylation sites is 1. The molecule has 0 bridgehead atoms. The molecular weight excluding hydrogens is 461 g/mol. The van der Waals surface area contributed by atoms with Crippen molar-refractivity contribution >= 4 is 40.6 Å². The van der Waals surface area contributed by atoms with Gasteiger partial charge in [-0.1, -0.05) is 18.2 Å². The second kappa shape index (κ2) is 9.99. The largest absolute Gasteiger partial charge is 0.495 e. The number of carbonyl (C=O) groups is 3. The standard InChI is InChI=1S/C22H19F3N2O5S/c1-3-32-16-7-5-4-6-13(16)10-18-20(29)27(21(30)33-18)12-19(28)26-15-11-14(22(23,24)25)8-9-17(15)31-2/h4-11H,3,12H2,1-2H3,(H,26,28)/b18-10-. The normalized spacial score (nSPS) is 15.2. The molecule has 0 spiro atoms. The fourth-order valence-corrected chi connectivity index (χ4v) is 3.81. The van der Waals surface area contributed by atoms with Crippen molar-refractivity contribution in [2.24, 2.45) is 0 Å². The molecule has 7 nitrogen and oxygen atoms in total. The third-order valence-corrected chi connectivity index (χ3v) is 5.39. The van der Waals surface area contributed by atoms with Gasteiger partial charge in [0.1, 0.15) is 18.0 Å². The van der Waals surface area contributed by atoms with E-state index in [0.29, 0.717) is 29.7 Å². The van der Waals surface area contributed by atoms with E-state index in [0.717, 1.165) is 23.1 Å². The number of imide groups is 1. The van der Waals surface area contributed by atoms with Crippen LogP contribution in [0.4, 0.5) is 23.7 Å². The zero-order valence-electron chi connectivity index (χ0n) is 17.6. The van der Waals surface area contributed by atoms with Gasteiger partial charge in [0.25, 0.3) is 11.1 Å². The topological polar surface area (TPSA) is 84.9 Å². The van der Waals surface area contributed by atoms with Crippen LogP contribution in [0, 0.1) is 0 Å². The molecule has 1 N–H and O–H groups in total. The Bertz CT molecular complexity index is 1120. The highest BCUT2D eigenvalue weighted by atomic mass is 32.2. The van der Waals surface area contributed by atoms with Crippen molar-refractivity contribution in [2.45, 2.75) is 13.1 Å². The lowest BCUT2D eigenvalue weighted by molar-refractivity contribution is -0.137. The molecular formula is C22H19F3N2O5S. The molecule has 33 heavy (non-hydrogen) atoms. The van der Waals surface area contributed by atoms with Crippen LogP contribution in [0.2, 0.25) is 0 Å². The number of benzene rings is 2. The van der Waals surface area contributed by atoms with Crippen molar-refractivity contribution in [3.63, 3.8) is 0 Å². The Morgan fingerprint density at radius 1 is 1.15 bits per heavy atom. The maximum atomic E-state index is 13.0. The van der Waals surface area contributed by atoms with Gasteiger partial charge in [0.15, 0.2) is 0 Å². The van der Waals surface area contributed by atoms with Crippen molar-refractivity contribution in [3.8, 4) is 11.5 Å². The number of carbonyl (C=O) groups excluding carboxylic acids is 3. The molecule has 0 saturated carbocycles. The Kier molecular flexibility index (Phi) is 7.32. The van der Waals surface area contributed by atoms with E-state index in [4.69, 9.17) is 9.47 Å². The van der Waals surface area contributed by atoms with Crippen LogP contribution < -0.4 is 14.8 Å². The number of nitrogens with one attached hydrogen (secondary N) is 1. The molecule has 1 heterocycles. The number of methoxy groups -OCH3 is 1. The summed E-state index contributed by atoms with van der Waals surface area (Å²) in [6.45, 7) is 1.54. The van der Waals surface area contributed by atoms with Crippen molar-refractivity contribution in [1.29, 1.82) is 0 Å². The molecule has 0 aliphatic carbocycles. The summed E-state index contributed by atoms with van der Waals surface area (Å²) in [5, 5.41) is 1.60. The first kappa shape index (κ1) is 24.2. The summed E-state index contributed by atoms with van der Waals surface area (Å²) in [6, 6.07) is 9.54. The van der Waals surface area contributed by atoms with E-state index in [-0.39, 0.29) is 16.3 Å². The number of alkyl halides is 3. The summed E-state index contributed by atoms with van der Waals surface area (Å²) < 4.78 is 49.5. The van der Waals surface area contributed by atoms with Crippen LogP contribution in [0.5, 0.6) is 11.5 Å². The summed E-state index contributed by atoms with van der Waals surface area (Å²) in [5.41, 5.74) is -0.630. The maximum absolute atomic E-state index is 13.0. The third kappa shape index (κ3) is 5.67. The van der Waals surface area contributed by atoms with Gasteiger partial charge >= 0.3 is 6.18 Å². The van der Waals surface area contributed by atoms with Crippen LogP contribution in [0.25, 0.3) is 6.08 Å². The third-order valence-electron chi connectivity index (χ3n) is 4.48. The van der Waals surface area contributed by atoms with E-state index >= 15 is 0 Å². The predicted molar refractivity (Wildman–Crippen MR) is 117 cm³/mol. The smallest absolute Gasteiger partial charge is 0.416 e. The lowest BCUT2D eigenvalue weighted by Gasteiger charge is -2.16. The van der Waals surface area contributed by atoms with Gasteiger partial charge in [-0.05, 0) is 49.0 Å². The Morgan fingerprint density at radius 3 is 2.55 bits per heavy atom. The van der Waals surface area contributed by atoms with Gasteiger partial charge in [-0.25, -0.2) is 0 Å². The van der Waals surface area contributed by atoms with E-state index in [1.807, 2.05) is 6.92 Å². The van der Waals surface area contributed by atoms with E-state index in [2.05, 4.69) is 5.32 Å². The summed E-state index contributed by atoms with van der Waals surface area (Å²) in [4.78, 5) is 38.3. The van der Waals surface area contributed by atoms with Crippen LogP contribution in [-0.4, -0.2) is 42.2 Å². The highest BCUT2D eigenvalue weighted by molar-refractivity contribution is 8.18. The predicted octanol–water partition coefficient (Wildman–Crippen LogP) is 4.79. The molecule has 1 fully saturated rings. The second-order valence-electron chi connectivity index (χ2n) is 6.70. The van der Waals surface area contributed by atoms with Gasteiger partial charge in [-0.2, -0.15) is 13.2 Å². The summed E-state index contributed by atoms with van der Waals surface area (Å²) in [7, 11) is 1.24. The number of nitrogens with zero attached hydrogens (tertiary/aromatic N) is 1. The van der Waals surface area contributed by atoms with Crippen molar-refractivity contribution in [3.05, 3.63) is 58.5 Å². The van der Waals surface area contributed by atoms with E-state index < -0.39 is 35.3 Å². The van der Waals surface area contributed by atoms with Gasteiger partial charge < -0.3 is 14.8 Å². The first-order valence-electron chi connectivity index (χ1n) is 9.66. The summed E-state index contributed by atoms with van der Waals surface area (Å²) >= 11 is 0.655. The fourth-order valence-electron chi connectivity index (χ4n) is 2.98. The van der Waals surface area contributed by atoms with Gasteiger partial charge in [0.2, 0.25) is 5.91 Å². The van der Waals surface area contributed by atoms with Crippen LogP contribution in [0.3, 0.4) is 0 Å². The summed E-state index contributed by atoms with van der Waals surface area (Å²) in [6.07, 6.45) is -3.13. The Labute approximate surface area is 191 Å². The molecule has 11 heteroatoms. The fraction of sp³-hybridized carbons (Fsp3) is 0.227. The summed E-state index contributed by atoms with van der Waals surface area (Å²) in [5.74, 6) is -1.02. The molecule has 3 amide bonds. The number of thioether (sulfide) groups is 1. The molecule has 0 atom stereocenters. The van der Waals surface area contributed by atoms with Gasteiger partial charge in [0, 0.05) is 5.56 Å². The molecule has 3 rings (SSSR count). The minimum Gasteiger partial charge on any atom is -0.495 e. The monoisotopic (exact) mass is 480 g/mol. The lowest BCUT2D eigenvalue weighted by Crippen LogP contribution is -2.36. The SMILES string of the molecule is CCOc1ccccc1/C=C1\SC(=O)N(CC(=O)Nc2cc(C(F)(F)F)ccc2OC)C1=O. The maximum Gasteiger partial charge on any atom is 0.416 e. The van der Waals surface area contributed by atoms with Crippen LogP contribution in [-0.2, 0) is 15.8 Å². The minimum absolute atomic E-state index is 0.00193. The Morgan fingerprint density at radius 2 is 1.88 bits per heavy atom.